The lowest BCUT2D eigenvalue weighted by Crippen LogP contribution is -2.44. The molecule has 0 aromatic heterocycles. The van der Waals surface area contributed by atoms with E-state index in [-0.39, 0.29) is 6.41 Å². The summed E-state index contributed by atoms with van der Waals surface area (Å²) >= 11 is 0. The van der Waals surface area contributed by atoms with Crippen molar-refractivity contribution in [3.05, 3.63) is 0 Å². The molecule has 0 aromatic rings. The topological polar surface area (TPSA) is 33.7 Å². The summed E-state index contributed by atoms with van der Waals surface area (Å²) < 4.78 is 11.1. The Balaban J connectivity index is 3.72. The van der Waals surface area contributed by atoms with Gasteiger partial charge < -0.3 is 9.47 Å². The van der Waals surface area contributed by atoms with E-state index in [0.29, 0.717) is 0 Å². The predicted molar refractivity (Wildman–Crippen MR) is 57.7 cm³/mol. The quantitative estimate of drug-likeness (QED) is 0.351. The minimum absolute atomic E-state index is 0.272. The first-order chi connectivity index (χ1) is 6.76. The second-order valence-corrected chi connectivity index (χ2v) is 3.24. The molecule has 0 saturated carbocycles. The van der Waals surface area contributed by atoms with Crippen LogP contribution < -0.4 is 5.43 Å². The highest BCUT2D eigenvalue weighted by atomic mass is 16.7. The van der Waals surface area contributed by atoms with Crippen LogP contribution in [-0.4, -0.2) is 38.7 Å². The molecule has 0 heterocycles. The van der Waals surface area contributed by atoms with E-state index >= 15 is 0 Å². The highest BCUT2D eigenvalue weighted by Crippen LogP contribution is 2.01. The summed E-state index contributed by atoms with van der Waals surface area (Å²) in [6.07, 6.45) is 2.95. The predicted octanol–water partition coefficient (Wildman–Crippen LogP) is 1.58. The summed E-state index contributed by atoms with van der Waals surface area (Å²) in [6.45, 7) is 5.70. The Hall–Kier alpha value is -0.160. The largest absolute Gasteiger partial charge is 0.339 e. The van der Waals surface area contributed by atoms with Crippen LogP contribution in [0.1, 0.15) is 33.1 Å². The number of hydrazine groups is 1. The lowest BCUT2D eigenvalue weighted by molar-refractivity contribution is -0.230. The molecule has 14 heavy (non-hydrogen) atoms. The van der Waals surface area contributed by atoms with Gasteiger partial charge in [-0.25, -0.2) is 0 Å². The van der Waals surface area contributed by atoms with E-state index < -0.39 is 0 Å². The van der Waals surface area contributed by atoms with Gasteiger partial charge in [0.2, 0.25) is 6.41 Å². The van der Waals surface area contributed by atoms with Gasteiger partial charge in [0, 0.05) is 7.05 Å². The highest BCUT2D eigenvalue weighted by Gasteiger charge is 2.13. The fourth-order valence-corrected chi connectivity index (χ4v) is 0.924. The molecule has 86 valence electrons. The fraction of sp³-hybridized carbons (Fsp3) is 1.00. The third kappa shape index (κ3) is 6.32. The van der Waals surface area contributed by atoms with Crippen molar-refractivity contribution >= 4 is 0 Å². The van der Waals surface area contributed by atoms with E-state index in [4.69, 9.17) is 9.47 Å². The average Bonchev–Trinajstić information content (AvgIpc) is 2.22. The maximum atomic E-state index is 5.58. The first kappa shape index (κ1) is 13.8. The molecule has 0 saturated heterocycles. The molecular weight excluding hydrogens is 180 g/mol. The van der Waals surface area contributed by atoms with E-state index in [1.807, 2.05) is 19.1 Å². The van der Waals surface area contributed by atoms with Crippen LogP contribution >= 0.6 is 0 Å². The molecule has 0 aliphatic heterocycles. The molecule has 0 aliphatic rings. The van der Waals surface area contributed by atoms with Gasteiger partial charge in [0.15, 0.2) is 0 Å². The zero-order valence-corrected chi connectivity index (χ0v) is 9.88. The molecule has 1 unspecified atom stereocenters. The SMILES string of the molecule is CCCCOC(OCCC)N(C)NC. The molecule has 0 spiro atoms. The van der Waals surface area contributed by atoms with Crippen LogP contribution in [-0.2, 0) is 9.47 Å². The van der Waals surface area contributed by atoms with Crippen molar-refractivity contribution in [2.24, 2.45) is 0 Å². The Morgan fingerprint density at radius 2 is 1.79 bits per heavy atom. The fourth-order valence-electron chi connectivity index (χ4n) is 0.924. The summed E-state index contributed by atoms with van der Waals surface area (Å²) in [6, 6.07) is 0. The van der Waals surface area contributed by atoms with E-state index in [0.717, 1.165) is 32.5 Å². The van der Waals surface area contributed by atoms with Crippen molar-refractivity contribution < 1.29 is 9.47 Å². The number of hydrogen-bond acceptors (Lipinski definition) is 4. The lowest BCUT2D eigenvalue weighted by atomic mass is 10.4. The number of nitrogens with one attached hydrogen (secondary N) is 1. The molecule has 4 nitrogen and oxygen atoms in total. The van der Waals surface area contributed by atoms with Crippen molar-refractivity contribution in [2.75, 3.05) is 27.3 Å². The first-order valence-corrected chi connectivity index (χ1v) is 5.39. The van der Waals surface area contributed by atoms with Crippen molar-refractivity contribution in [1.29, 1.82) is 0 Å². The van der Waals surface area contributed by atoms with Crippen LogP contribution in [0.5, 0.6) is 0 Å². The molecule has 0 aromatic carbocycles. The standard InChI is InChI=1S/C10H24N2O2/c1-5-7-9-14-10(12(4)11-3)13-8-6-2/h10-11H,5-9H2,1-4H3. The minimum Gasteiger partial charge on any atom is -0.339 e. The molecule has 0 fully saturated rings. The summed E-state index contributed by atoms with van der Waals surface area (Å²) in [5.74, 6) is 0. The van der Waals surface area contributed by atoms with Gasteiger partial charge in [-0.05, 0) is 19.9 Å². The Bertz CT molecular complexity index is 123. The maximum Gasteiger partial charge on any atom is 0.231 e. The van der Waals surface area contributed by atoms with Gasteiger partial charge in [0.1, 0.15) is 0 Å². The number of rotatable bonds is 9. The van der Waals surface area contributed by atoms with Crippen molar-refractivity contribution in [1.82, 2.24) is 10.4 Å². The second-order valence-electron chi connectivity index (χ2n) is 3.24. The Morgan fingerprint density at radius 1 is 1.14 bits per heavy atom. The van der Waals surface area contributed by atoms with Crippen LogP contribution in [0.4, 0.5) is 0 Å². The first-order valence-electron chi connectivity index (χ1n) is 5.39. The van der Waals surface area contributed by atoms with E-state index in [2.05, 4.69) is 19.3 Å². The van der Waals surface area contributed by atoms with Gasteiger partial charge in [-0.2, -0.15) is 5.01 Å². The summed E-state index contributed by atoms with van der Waals surface area (Å²) in [5, 5.41) is 1.82. The molecule has 0 rings (SSSR count). The van der Waals surface area contributed by atoms with Gasteiger partial charge in [-0.1, -0.05) is 20.3 Å². The molecular formula is C10H24N2O2. The van der Waals surface area contributed by atoms with Gasteiger partial charge >= 0.3 is 0 Å². The van der Waals surface area contributed by atoms with Crippen LogP contribution in [0.15, 0.2) is 0 Å². The Morgan fingerprint density at radius 3 is 2.29 bits per heavy atom. The van der Waals surface area contributed by atoms with Gasteiger partial charge in [-0.3, -0.25) is 5.43 Å². The van der Waals surface area contributed by atoms with E-state index in [1.54, 1.807) is 0 Å². The molecule has 1 N–H and O–H groups in total. The number of nitrogens with zero attached hydrogens (tertiary/aromatic N) is 1. The molecule has 1 atom stereocenters. The molecule has 4 heteroatoms. The zero-order valence-electron chi connectivity index (χ0n) is 9.88. The number of unbranched alkanes of at least 4 members (excludes halogenated alkanes) is 1. The molecule has 0 amide bonds. The van der Waals surface area contributed by atoms with Crippen LogP contribution in [0, 0.1) is 0 Å². The number of ether oxygens (including phenoxy) is 2. The highest BCUT2D eigenvalue weighted by molar-refractivity contribution is 4.41. The van der Waals surface area contributed by atoms with Crippen LogP contribution in [0.25, 0.3) is 0 Å². The minimum atomic E-state index is -0.272. The summed E-state index contributed by atoms with van der Waals surface area (Å²) in [4.78, 5) is 0. The van der Waals surface area contributed by atoms with Gasteiger partial charge in [-0.15, -0.1) is 0 Å². The summed E-state index contributed by atoms with van der Waals surface area (Å²) in [7, 11) is 3.76. The Kier molecular flexibility index (Phi) is 9.29. The maximum absolute atomic E-state index is 5.58. The normalized spacial score (nSPS) is 13.5. The van der Waals surface area contributed by atoms with Gasteiger partial charge in [0.05, 0.1) is 13.2 Å². The second kappa shape index (κ2) is 9.40. The average molecular weight is 204 g/mol. The third-order valence-corrected chi connectivity index (χ3v) is 1.89. The van der Waals surface area contributed by atoms with E-state index in [9.17, 15) is 0 Å². The molecule has 0 bridgehead atoms. The van der Waals surface area contributed by atoms with Crippen LogP contribution in [0.2, 0.25) is 0 Å². The lowest BCUT2D eigenvalue weighted by Gasteiger charge is -2.26. The Labute approximate surface area is 87.5 Å². The van der Waals surface area contributed by atoms with Crippen molar-refractivity contribution in [3.63, 3.8) is 0 Å². The smallest absolute Gasteiger partial charge is 0.231 e. The monoisotopic (exact) mass is 204 g/mol. The zero-order chi connectivity index (χ0) is 10.8. The third-order valence-electron chi connectivity index (χ3n) is 1.89. The number of hydrogen-bond donors (Lipinski definition) is 1. The van der Waals surface area contributed by atoms with Crippen LogP contribution in [0.3, 0.4) is 0 Å². The van der Waals surface area contributed by atoms with Crippen molar-refractivity contribution in [3.8, 4) is 0 Å². The molecule has 0 aliphatic carbocycles. The van der Waals surface area contributed by atoms with Gasteiger partial charge in [0.25, 0.3) is 0 Å². The molecule has 0 radical (unpaired) electrons. The van der Waals surface area contributed by atoms with Crippen molar-refractivity contribution in [2.45, 2.75) is 39.5 Å². The van der Waals surface area contributed by atoms with E-state index in [1.165, 1.54) is 0 Å². The summed E-state index contributed by atoms with van der Waals surface area (Å²) in [5.41, 5.74) is 2.98.